The number of hydrogen-bond acceptors (Lipinski definition) is 2. The molecule has 0 heterocycles. The second-order valence-corrected chi connectivity index (χ2v) is 4.31. The zero-order chi connectivity index (χ0) is 11.3. The number of methoxy groups -OCH3 is 1. The molecule has 0 aromatic heterocycles. The predicted octanol–water partition coefficient (Wildman–Crippen LogP) is 2.97. The Morgan fingerprint density at radius 2 is 1.93 bits per heavy atom. The maximum absolute atomic E-state index is 10.2. The molecule has 0 spiro atoms. The SMILES string of the molecule is COCCCC(C)(O)c1ccc(Cl)cc1. The number of halogens is 1. The fourth-order valence-corrected chi connectivity index (χ4v) is 1.64. The van der Waals surface area contributed by atoms with Gasteiger partial charge in [0.05, 0.1) is 5.60 Å². The molecule has 0 saturated heterocycles. The van der Waals surface area contributed by atoms with Crippen LogP contribution in [0.2, 0.25) is 5.02 Å². The Hall–Kier alpha value is -0.570. The highest BCUT2D eigenvalue weighted by Crippen LogP contribution is 2.26. The van der Waals surface area contributed by atoms with Gasteiger partial charge in [0.2, 0.25) is 0 Å². The van der Waals surface area contributed by atoms with Crippen LogP contribution >= 0.6 is 11.6 Å². The highest BCUT2D eigenvalue weighted by atomic mass is 35.5. The summed E-state index contributed by atoms with van der Waals surface area (Å²) < 4.78 is 4.96. The monoisotopic (exact) mass is 228 g/mol. The van der Waals surface area contributed by atoms with Gasteiger partial charge in [-0.05, 0) is 37.5 Å². The quantitative estimate of drug-likeness (QED) is 0.786. The predicted molar refractivity (Wildman–Crippen MR) is 62.1 cm³/mol. The van der Waals surface area contributed by atoms with Gasteiger partial charge in [-0.3, -0.25) is 0 Å². The van der Waals surface area contributed by atoms with Crippen molar-refractivity contribution in [2.45, 2.75) is 25.4 Å². The van der Waals surface area contributed by atoms with E-state index in [0.29, 0.717) is 18.1 Å². The van der Waals surface area contributed by atoms with Crippen LogP contribution in [0.15, 0.2) is 24.3 Å². The number of rotatable bonds is 5. The molecule has 0 aliphatic heterocycles. The summed E-state index contributed by atoms with van der Waals surface area (Å²) in [7, 11) is 1.66. The summed E-state index contributed by atoms with van der Waals surface area (Å²) in [5.74, 6) is 0. The van der Waals surface area contributed by atoms with E-state index in [1.807, 2.05) is 19.1 Å². The lowest BCUT2D eigenvalue weighted by molar-refractivity contribution is 0.0373. The first-order valence-electron chi connectivity index (χ1n) is 5.03. The van der Waals surface area contributed by atoms with E-state index in [9.17, 15) is 5.11 Å². The van der Waals surface area contributed by atoms with Crippen LogP contribution in [-0.2, 0) is 10.3 Å². The molecule has 3 heteroatoms. The second kappa shape index (κ2) is 5.50. The summed E-state index contributed by atoms with van der Waals surface area (Å²) in [6, 6.07) is 7.30. The Balaban J connectivity index is 2.63. The molecular formula is C12H17ClO2. The normalized spacial score (nSPS) is 14.9. The van der Waals surface area contributed by atoms with Crippen molar-refractivity contribution >= 4 is 11.6 Å². The van der Waals surface area contributed by atoms with Gasteiger partial charge < -0.3 is 9.84 Å². The average molecular weight is 229 g/mol. The summed E-state index contributed by atoms with van der Waals surface area (Å²) in [5.41, 5.74) is 0.0892. The molecule has 1 atom stereocenters. The van der Waals surface area contributed by atoms with Crippen LogP contribution in [0, 0.1) is 0 Å². The van der Waals surface area contributed by atoms with E-state index in [1.54, 1.807) is 19.2 Å². The minimum absolute atomic E-state index is 0.670. The molecule has 2 nitrogen and oxygen atoms in total. The molecule has 1 aromatic carbocycles. The Kier molecular flexibility index (Phi) is 4.58. The first kappa shape index (κ1) is 12.5. The van der Waals surface area contributed by atoms with E-state index >= 15 is 0 Å². The Bertz CT molecular complexity index is 293. The van der Waals surface area contributed by atoms with Crippen LogP contribution < -0.4 is 0 Å². The molecule has 0 aliphatic carbocycles. The van der Waals surface area contributed by atoms with E-state index in [-0.39, 0.29) is 0 Å². The van der Waals surface area contributed by atoms with Gasteiger partial charge in [0.25, 0.3) is 0 Å². The molecule has 0 aliphatic rings. The molecular weight excluding hydrogens is 212 g/mol. The summed E-state index contributed by atoms with van der Waals surface area (Å²) in [4.78, 5) is 0. The molecule has 1 aromatic rings. The topological polar surface area (TPSA) is 29.5 Å². The molecule has 0 saturated carbocycles. The Morgan fingerprint density at radius 1 is 1.33 bits per heavy atom. The number of aliphatic hydroxyl groups is 1. The third-order valence-electron chi connectivity index (χ3n) is 2.48. The minimum Gasteiger partial charge on any atom is -0.385 e. The van der Waals surface area contributed by atoms with Crippen LogP contribution in [0.3, 0.4) is 0 Å². The molecule has 0 bridgehead atoms. The molecule has 0 amide bonds. The van der Waals surface area contributed by atoms with Gasteiger partial charge in [0, 0.05) is 18.7 Å². The van der Waals surface area contributed by atoms with Gasteiger partial charge in [0.15, 0.2) is 0 Å². The van der Waals surface area contributed by atoms with E-state index in [1.165, 1.54) is 0 Å². The van der Waals surface area contributed by atoms with Gasteiger partial charge >= 0.3 is 0 Å². The lowest BCUT2D eigenvalue weighted by Gasteiger charge is -2.23. The Morgan fingerprint density at radius 3 is 2.47 bits per heavy atom. The van der Waals surface area contributed by atoms with E-state index < -0.39 is 5.60 Å². The zero-order valence-corrected chi connectivity index (χ0v) is 9.92. The fraction of sp³-hybridized carbons (Fsp3) is 0.500. The third kappa shape index (κ3) is 3.82. The number of ether oxygens (including phenoxy) is 1. The van der Waals surface area contributed by atoms with Crippen molar-refractivity contribution in [2.75, 3.05) is 13.7 Å². The summed E-state index contributed by atoms with van der Waals surface area (Å²) in [6.45, 7) is 2.48. The molecule has 0 fully saturated rings. The van der Waals surface area contributed by atoms with Gasteiger partial charge in [-0.25, -0.2) is 0 Å². The van der Waals surface area contributed by atoms with Crippen LogP contribution in [0.4, 0.5) is 0 Å². The molecule has 0 radical (unpaired) electrons. The summed E-state index contributed by atoms with van der Waals surface area (Å²) in [5, 5.41) is 10.9. The number of benzene rings is 1. The van der Waals surface area contributed by atoms with E-state index in [0.717, 1.165) is 12.0 Å². The summed E-state index contributed by atoms with van der Waals surface area (Å²) in [6.07, 6.45) is 1.52. The van der Waals surface area contributed by atoms with Crippen molar-refractivity contribution < 1.29 is 9.84 Å². The highest BCUT2D eigenvalue weighted by molar-refractivity contribution is 6.30. The summed E-state index contributed by atoms with van der Waals surface area (Å²) >= 11 is 5.79. The smallest absolute Gasteiger partial charge is 0.0869 e. The largest absolute Gasteiger partial charge is 0.385 e. The number of hydrogen-bond donors (Lipinski definition) is 1. The molecule has 84 valence electrons. The lowest BCUT2D eigenvalue weighted by Crippen LogP contribution is -2.21. The van der Waals surface area contributed by atoms with Crippen LogP contribution in [0.5, 0.6) is 0 Å². The maximum Gasteiger partial charge on any atom is 0.0869 e. The Labute approximate surface area is 95.8 Å². The molecule has 1 unspecified atom stereocenters. The van der Waals surface area contributed by atoms with Crippen LogP contribution in [0.1, 0.15) is 25.3 Å². The van der Waals surface area contributed by atoms with Crippen molar-refractivity contribution in [3.05, 3.63) is 34.9 Å². The molecule has 15 heavy (non-hydrogen) atoms. The van der Waals surface area contributed by atoms with Gasteiger partial charge in [0.1, 0.15) is 0 Å². The van der Waals surface area contributed by atoms with Gasteiger partial charge in [-0.1, -0.05) is 23.7 Å². The van der Waals surface area contributed by atoms with Crippen molar-refractivity contribution in [1.82, 2.24) is 0 Å². The lowest BCUT2D eigenvalue weighted by atomic mass is 9.91. The molecule has 1 rings (SSSR count). The van der Waals surface area contributed by atoms with Gasteiger partial charge in [-0.15, -0.1) is 0 Å². The second-order valence-electron chi connectivity index (χ2n) is 3.88. The fourth-order valence-electron chi connectivity index (χ4n) is 1.51. The van der Waals surface area contributed by atoms with Crippen molar-refractivity contribution in [1.29, 1.82) is 0 Å². The standard InChI is InChI=1S/C12H17ClO2/c1-12(14,8-3-9-15-2)10-4-6-11(13)7-5-10/h4-7,14H,3,8-9H2,1-2H3. The van der Waals surface area contributed by atoms with E-state index in [4.69, 9.17) is 16.3 Å². The average Bonchev–Trinajstić information content (AvgIpc) is 2.18. The third-order valence-corrected chi connectivity index (χ3v) is 2.73. The first-order valence-corrected chi connectivity index (χ1v) is 5.41. The van der Waals surface area contributed by atoms with Crippen molar-refractivity contribution in [3.8, 4) is 0 Å². The zero-order valence-electron chi connectivity index (χ0n) is 9.16. The van der Waals surface area contributed by atoms with Crippen molar-refractivity contribution in [3.63, 3.8) is 0 Å². The first-order chi connectivity index (χ1) is 7.06. The van der Waals surface area contributed by atoms with Crippen LogP contribution in [-0.4, -0.2) is 18.8 Å². The highest BCUT2D eigenvalue weighted by Gasteiger charge is 2.21. The van der Waals surface area contributed by atoms with Crippen molar-refractivity contribution in [2.24, 2.45) is 0 Å². The van der Waals surface area contributed by atoms with E-state index in [2.05, 4.69) is 0 Å². The maximum atomic E-state index is 10.2. The molecule has 1 N–H and O–H groups in total. The van der Waals surface area contributed by atoms with Crippen LogP contribution in [0.25, 0.3) is 0 Å². The minimum atomic E-state index is -0.802. The van der Waals surface area contributed by atoms with Gasteiger partial charge in [-0.2, -0.15) is 0 Å².